The topological polar surface area (TPSA) is 48.3 Å². The van der Waals surface area contributed by atoms with Gasteiger partial charge in [-0.05, 0) is 46.2 Å². The number of benzene rings is 9. The summed E-state index contributed by atoms with van der Waals surface area (Å²) in [4.78, 5) is 11.1. The van der Waals surface area contributed by atoms with E-state index in [1.807, 2.05) is 0 Å². The Hall–Kier alpha value is -8.02. The summed E-state index contributed by atoms with van der Waals surface area (Å²) in [6.07, 6.45) is 0. The zero-order valence-corrected chi connectivity index (χ0v) is 31.5. The molecule has 5 aromatic heterocycles. The van der Waals surface area contributed by atoms with E-state index in [0.29, 0.717) is 5.95 Å². The summed E-state index contributed by atoms with van der Waals surface area (Å²) in [7, 11) is 0. The highest BCUT2D eigenvalue weighted by molar-refractivity contribution is 6.36. The smallest absolute Gasteiger partial charge is 0.235 e. The highest BCUT2D eigenvalue weighted by atomic mass is 16.3. The zero-order chi connectivity index (χ0) is 38.3. The fraction of sp³-hybridized carbons (Fsp3) is 0. The third kappa shape index (κ3) is 4.08. The first-order chi connectivity index (χ1) is 29.3. The second-order valence-electron chi connectivity index (χ2n) is 15.7. The van der Waals surface area contributed by atoms with Crippen molar-refractivity contribution in [1.82, 2.24) is 18.9 Å². The number of hydrogen-bond acceptors (Lipinski definition) is 3. The number of nitrogens with zero attached hydrogens (tertiary/aromatic N) is 4. The van der Waals surface area contributed by atoms with Crippen LogP contribution in [0.2, 0.25) is 0 Å². The first-order valence-electron chi connectivity index (χ1n) is 20.1. The molecule has 272 valence electrons. The van der Waals surface area contributed by atoms with E-state index < -0.39 is 0 Å². The van der Waals surface area contributed by atoms with Gasteiger partial charge in [0.25, 0.3) is 0 Å². The van der Waals surface area contributed by atoms with Crippen LogP contribution in [0.3, 0.4) is 0 Å². The molecular weight excluding hydrogens is 721 g/mol. The minimum atomic E-state index is 0.617. The van der Waals surface area contributed by atoms with Crippen LogP contribution in [0.1, 0.15) is 0 Å². The van der Waals surface area contributed by atoms with E-state index in [1.165, 1.54) is 38.0 Å². The normalized spacial score (nSPS) is 12.4. The molecule has 0 fully saturated rings. The standard InChI is InChI=1S/C54H30N4O/c1-2-12-31(13-3-1)32-24-26-34(27-25-32)50-41-29-28-33-14-4-5-15-35(33)51(41)56-54(55-50)57-43-22-11-18-37-39-20-10-19-38-36-16-6-8-21-42(36)58(52(38)39)53-48-40-17-7-9-23-45(40)59-46(48)30-44(57)49(53)47(37)43/h1-30H. The highest BCUT2D eigenvalue weighted by Crippen LogP contribution is 2.48. The molecule has 0 spiro atoms. The highest BCUT2D eigenvalue weighted by Gasteiger charge is 2.27. The minimum Gasteiger partial charge on any atom is -0.456 e. The van der Waals surface area contributed by atoms with Crippen molar-refractivity contribution in [1.29, 1.82) is 0 Å². The lowest BCUT2D eigenvalue weighted by atomic mass is 9.99. The van der Waals surface area contributed by atoms with Crippen LogP contribution in [-0.2, 0) is 0 Å². The summed E-state index contributed by atoms with van der Waals surface area (Å²) in [6, 6.07) is 65.1. The molecule has 0 bridgehead atoms. The lowest BCUT2D eigenvalue weighted by molar-refractivity contribution is 0.669. The molecule has 0 saturated heterocycles. The van der Waals surface area contributed by atoms with Gasteiger partial charge >= 0.3 is 0 Å². The molecule has 14 aromatic rings. The van der Waals surface area contributed by atoms with Crippen LogP contribution >= 0.6 is 0 Å². The molecule has 0 atom stereocenters. The molecule has 5 heteroatoms. The molecule has 9 aromatic carbocycles. The molecule has 0 aliphatic heterocycles. The molecule has 59 heavy (non-hydrogen) atoms. The van der Waals surface area contributed by atoms with Gasteiger partial charge in [0.05, 0.1) is 44.2 Å². The number of aromatic nitrogens is 4. The number of rotatable bonds is 3. The van der Waals surface area contributed by atoms with Gasteiger partial charge in [-0.15, -0.1) is 0 Å². The van der Waals surface area contributed by atoms with Gasteiger partial charge in [-0.2, -0.15) is 0 Å². The van der Waals surface area contributed by atoms with Crippen molar-refractivity contribution in [2.24, 2.45) is 0 Å². The van der Waals surface area contributed by atoms with E-state index in [2.05, 4.69) is 191 Å². The lowest BCUT2D eigenvalue weighted by Crippen LogP contribution is -2.04. The van der Waals surface area contributed by atoms with Crippen LogP contribution in [0, 0.1) is 0 Å². The molecular formula is C54H30N4O. The van der Waals surface area contributed by atoms with E-state index in [9.17, 15) is 0 Å². The average molecular weight is 751 g/mol. The van der Waals surface area contributed by atoms with Crippen molar-refractivity contribution >= 4 is 104 Å². The van der Waals surface area contributed by atoms with Crippen molar-refractivity contribution in [2.45, 2.75) is 0 Å². The molecule has 14 rings (SSSR count). The van der Waals surface area contributed by atoms with Crippen LogP contribution in [0.25, 0.3) is 132 Å². The molecule has 5 heterocycles. The number of fused-ring (bicyclic) bond motifs is 12. The van der Waals surface area contributed by atoms with Crippen molar-refractivity contribution in [3.05, 3.63) is 182 Å². The van der Waals surface area contributed by atoms with E-state index in [0.717, 1.165) is 87.9 Å². The van der Waals surface area contributed by atoms with Gasteiger partial charge in [0.2, 0.25) is 5.95 Å². The maximum atomic E-state index is 6.82. The second-order valence-corrected chi connectivity index (χ2v) is 15.7. The monoisotopic (exact) mass is 750 g/mol. The summed E-state index contributed by atoms with van der Waals surface area (Å²) >= 11 is 0. The van der Waals surface area contributed by atoms with Crippen LogP contribution < -0.4 is 0 Å². The molecule has 0 N–H and O–H groups in total. The fourth-order valence-electron chi connectivity index (χ4n) is 10.1. The second kappa shape index (κ2) is 11.3. The van der Waals surface area contributed by atoms with Crippen LogP contribution in [-0.4, -0.2) is 18.9 Å². The quantitative estimate of drug-likeness (QED) is 0.169. The fourth-order valence-corrected chi connectivity index (χ4v) is 10.1. The van der Waals surface area contributed by atoms with Crippen LogP contribution in [0.5, 0.6) is 0 Å². The SMILES string of the molecule is c1ccc(-c2ccc(-c3nc(-n4c5cccc6c7cccc8c9ccccc9n(c78)c7c8c(cc4c7c65)oc4ccccc48)nc4c3ccc3ccccc34)cc2)cc1. The van der Waals surface area contributed by atoms with Gasteiger partial charge in [0.1, 0.15) is 11.2 Å². The predicted molar refractivity (Wildman–Crippen MR) is 244 cm³/mol. The Morgan fingerprint density at radius 2 is 1.03 bits per heavy atom. The van der Waals surface area contributed by atoms with Gasteiger partial charge < -0.3 is 8.82 Å². The van der Waals surface area contributed by atoms with E-state index in [-0.39, 0.29) is 0 Å². The van der Waals surface area contributed by atoms with E-state index in [4.69, 9.17) is 14.4 Å². The number of furan rings is 1. The lowest BCUT2D eigenvalue weighted by Gasteiger charge is -2.14. The number of para-hydroxylation sites is 3. The Morgan fingerprint density at radius 1 is 0.373 bits per heavy atom. The zero-order valence-electron chi connectivity index (χ0n) is 31.5. The van der Waals surface area contributed by atoms with Crippen molar-refractivity contribution < 1.29 is 4.42 Å². The molecule has 0 aliphatic rings. The Bertz CT molecular complexity index is 4060. The summed E-state index contributed by atoms with van der Waals surface area (Å²) in [5.41, 5.74) is 12.4. The third-order valence-electron chi connectivity index (χ3n) is 12.6. The Balaban J connectivity index is 1.19. The molecule has 0 saturated carbocycles. The molecule has 0 amide bonds. The number of hydrogen-bond donors (Lipinski definition) is 0. The molecule has 0 radical (unpaired) electrons. The maximum absolute atomic E-state index is 6.82. The van der Waals surface area contributed by atoms with E-state index >= 15 is 0 Å². The summed E-state index contributed by atoms with van der Waals surface area (Å²) < 4.78 is 11.6. The molecule has 5 nitrogen and oxygen atoms in total. The van der Waals surface area contributed by atoms with Gasteiger partial charge in [-0.3, -0.25) is 4.57 Å². The first-order valence-corrected chi connectivity index (χ1v) is 20.1. The van der Waals surface area contributed by atoms with Crippen LogP contribution in [0.4, 0.5) is 0 Å². The average Bonchev–Trinajstić information content (AvgIpc) is 3.93. The largest absolute Gasteiger partial charge is 0.456 e. The summed E-state index contributed by atoms with van der Waals surface area (Å²) in [5.74, 6) is 0.617. The van der Waals surface area contributed by atoms with Crippen molar-refractivity contribution in [2.75, 3.05) is 0 Å². The Morgan fingerprint density at radius 3 is 1.92 bits per heavy atom. The van der Waals surface area contributed by atoms with Gasteiger partial charge in [-0.1, -0.05) is 152 Å². The van der Waals surface area contributed by atoms with Crippen LogP contribution in [0.15, 0.2) is 186 Å². The van der Waals surface area contributed by atoms with Crippen molar-refractivity contribution in [3.8, 4) is 28.3 Å². The Labute approximate surface area is 335 Å². The first kappa shape index (κ1) is 31.1. The summed E-state index contributed by atoms with van der Waals surface area (Å²) in [6.45, 7) is 0. The summed E-state index contributed by atoms with van der Waals surface area (Å²) in [5, 5.41) is 12.6. The minimum absolute atomic E-state index is 0.617. The van der Waals surface area contributed by atoms with E-state index in [1.54, 1.807) is 0 Å². The maximum Gasteiger partial charge on any atom is 0.235 e. The van der Waals surface area contributed by atoms with Gasteiger partial charge in [-0.25, -0.2) is 9.97 Å². The predicted octanol–water partition coefficient (Wildman–Crippen LogP) is 14.3. The van der Waals surface area contributed by atoms with Gasteiger partial charge in [0, 0.05) is 54.7 Å². The molecule has 0 aliphatic carbocycles. The Kier molecular flexibility index (Phi) is 5.96. The van der Waals surface area contributed by atoms with Gasteiger partial charge in [0.15, 0.2) is 0 Å². The third-order valence-corrected chi connectivity index (χ3v) is 12.6. The van der Waals surface area contributed by atoms with Crippen molar-refractivity contribution in [3.63, 3.8) is 0 Å². The molecule has 0 unspecified atom stereocenters.